The highest BCUT2D eigenvalue weighted by Gasteiger charge is 2.22. The molecule has 0 fully saturated rings. The summed E-state index contributed by atoms with van der Waals surface area (Å²) in [5, 5.41) is 0. The van der Waals surface area contributed by atoms with E-state index in [1.165, 1.54) is 0 Å². The summed E-state index contributed by atoms with van der Waals surface area (Å²) in [6.07, 6.45) is 3.49. The molecule has 2 aromatic rings. The summed E-state index contributed by atoms with van der Waals surface area (Å²) in [7, 11) is 1.68. The summed E-state index contributed by atoms with van der Waals surface area (Å²) in [4.78, 5) is 14.6. The lowest BCUT2D eigenvalue weighted by molar-refractivity contribution is -0.113. The van der Waals surface area contributed by atoms with Crippen molar-refractivity contribution in [3.63, 3.8) is 0 Å². The van der Waals surface area contributed by atoms with Crippen LogP contribution < -0.4 is 0 Å². The van der Waals surface area contributed by atoms with Crippen molar-refractivity contribution in [3.05, 3.63) is 121 Å². The Morgan fingerprint density at radius 2 is 1.55 bits per heavy atom. The number of benzene rings is 2. The van der Waals surface area contributed by atoms with Crippen molar-refractivity contribution in [1.82, 2.24) is 4.90 Å². The van der Waals surface area contributed by atoms with Crippen LogP contribution in [0.1, 0.15) is 31.9 Å². The minimum atomic E-state index is -0.0615. The monoisotopic (exact) mass is 441 g/mol. The highest BCUT2D eigenvalue weighted by molar-refractivity contribution is 6.05. The van der Waals surface area contributed by atoms with E-state index in [1.807, 2.05) is 42.6 Å². The van der Waals surface area contributed by atoms with Crippen molar-refractivity contribution < 1.29 is 9.53 Å². The summed E-state index contributed by atoms with van der Waals surface area (Å²) >= 11 is 0. The second kappa shape index (κ2) is 12.6. The Balaban J connectivity index is 2.86. The number of allylic oxidation sites excluding steroid dienone is 6. The Morgan fingerprint density at radius 1 is 1.00 bits per heavy atom. The van der Waals surface area contributed by atoms with Crippen LogP contribution in [-0.4, -0.2) is 30.9 Å². The predicted octanol–water partition coefficient (Wildman–Crippen LogP) is 6.93. The van der Waals surface area contributed by atoms with Crippen molar-refractivity contribution in [2.45, 2.75) is 20.8 Å². The van der Waals surface area contributed by atoms with Gasteiger partial charge in [-0.15, -0.1) is 0 Å². The number of ether oxygens (including phenoxy) is 1. The van der Waals surface area contributed by atoms with E-state index in [2.05, 4.69) is 62.7 Å². The number of ketones is 1. The lowest BCUT2D eigenvalue weighted by Gasteiger charge is -2.31. The van der Waals surface area contributed by atoms with Gasteiger partial charge in [0.2, 0.25) is 0 Å². The van der Waals surface area contributed by atoms with Crippen LogP contribution in [0.3, 0.4) is 0 Å². The molecule has 3 heteroatoms. The van der Waals surface area contributed by atoms with Crippen LogP contribution in [0.25, 0.3) is 11.1 Å². The van der Waals surface area contributed by atoms with E-state index >= 15 is 0 Å². The van der Waals surface area contributed by atoms with Gasteiger partial charge in [0.15, 0.2) is 5.78 Å². The first kappa shape index (κ1) is 25.8. The molecule has 2 rings (SSSR count). The van der Waals surface area contributed by atoms with Crippen molar-refractivity contribution in [3.8, 4) is 0 Å². The quantitative estimate of drug-likeness (QED) is 0.264. The first-order chi connectivity index (χ1) is 15.8. The average Bonchev–Trinajstić information content (AvgIpc) is 2.83. The number of hydrogen-bond acceptors (Lipinski definition) is 3. The molecule has 0 atom stereocenters. The van der Waals surface area contributed by atoms with E-state index in [1.54, 1.807) is 20.1 Å². The molecule has 0 bridgehead atoms. The molecule has 0 N–H and O–H groups in total. The highest BCUT2D eigenvalue weighted by Crippen LogP contribution is 2.37. The van der Waals surface area contributed by atoms with Gasteiger partial charge < -0.3 is 9.64 Å². The summed E-state index contributed by atoms with van der Waals surface area (Å²) in [6.45, 7) is 19.2. The molecule has 0 spiro atoms. The van der Waals surface area contributed by atoms with Crippen molar-refractivity contribution >= 4 is 16.9 Å². The van der Waals surface area contributed by atoms with Crippen LogP contribution in [0.15, 0.2) is 110 Å². The molecule has 0 aliphatic heterocycles. The molecule has 0 saturated heterocycles. The molecule has 3 nitrogen and oxygen atoms in total. The second-order valence-corrected chi connectivity index (χ2v) is 8.14. The van der Waals surface area contributed by atoms with Crippen LogP contribution in [-0.2, 0) is 9.53 Å². The molecule has 0 radical (unpaired) electrons. The minimum Gasteiger partial charge on any atom is -0.383 e. The lowest BCUT2D eigenvalue weighted by atomic mass is 9.88. The lowest BCUT2D eigenvalue weighted by Crippen LogP contribution is -2.27. The van der Waals surface area contributed by atoms with E-state index in [9.17, 15) is 4.79 Å². The maximum Gasteiger partial charge on any atom is 0.161 e. The topological polar surface area (TPSA) is 29.5 Å². The first-order valence-electron chi connectivity index (χ1n) is 11.2. The number of Topliss-reactive ketones (excluding diaryl/α,β-unsaturated/α-hetero) is 1. The van der Waals surface area contributed by atoms with Crippen LogP contribution in [0.5, 0.6) is 0 Å². The molecule has 0 heterocycles. The number of carbonyl (C=O) groups excluding carboxylic acids is 1. The Bertz CT molecular complexity index is 1040. The fourth-order valence-electron chi connectivity index (χ4n) is 3.74. The van der Waals surface area contributed by atoms with Crippen LogP contribution in [0.4, 0.5) is 0 Å². The van der Waals surface area contributed by atoms with Crippen LogP contribution >= 0.6 is 0 Å². The van der Waals surface area contributed by atoms with E-state index in [4.69, 9.17) is 4.74 Å². The molecule has 0 aliphatic carbocycles. The minimum absolute atomic E-state index is 0.0615. The zero-order valence-electron chi connectivity index (χ0n) is 20.3. The van der Waals surface area contributed by atoms with Gasteiger partial charge in [0, 0.05) is 36.7 Å². The molecule has 0 unspecified atom stereocenters. The number of rotatable bonds is 12. The molecule has 0 amide bonds. The van der Waals surface area contributed by atoms with Crippen LogP contribution in [0.2, 0.25) is 0 Å². The third kappa shape index (κ3) is 6.77. The zero-order chi connectivity index (χ0) is 24.4. The van der Waals surface area contributed by atoms with Crippen LogP contribution in [0, 0.1) is 5.92 Å². The molecule has 0 aliphatic rings. The summed E-state index contributed by atoms with van der Waals surface area (Å²) in [5.74, 6) is 0.0764. The molecular weight excluding hydrogens is 406 g/mol. The van der Waals surface area contributed by atoms with Crippen molar-refractivity contribution in [2.24, 2.45) is 5.92 Å². The van der Waals surface area contributed by atoms with Gasteiger partial charge in [-0.25, -0.2) is 0 Å². The van der Waals surface area contributed by atoms with E-state index in [-0.39, 0.29) is 11.7 Å². The molecule has 33 heavy (non-hydrogen) atoms. The molecule has 2 aromatic carbocycles. The third-order valence-electron chi connectivity index (χ3n) is 5.39. The summed E-state index contributed by atoms with van der Waals surface area (Å²) in [5.41, 5.74) is 6.26. The van der Waals surface area contributed by atoms with Gasteiger partial charge in [0.25, 0.3) is 0 Å². The summed E-state index contributed by atoms with van der Waals surface area (Å²) in [6, 6.07) is 20.4. The molecule has 0 saturated carbocycles. The third-order valence-corrected chi connectivity index (χ3v) is 5.39. The fraction of sp³-hybridized carbons (Fsp3) is 0.233. The van der Waals surface area contributed by atoms with Gasteiger partial charge in [-0.2, -0.15) is 0 Å². The van der Waals surface area contributed by atoms with Crippen molar-refractivity contribution in [1.29, 1.82) is 0 Å². The summed E-state index contributed by atoms with van der Waals surface area (Å²) < 4.78 is 5.42. The zero-order valence-corrected chi connectivity index (χ0v) is 20.3. The molecular formula is C30H35NO2. The highest BCUT2D eigenvalue weighted by atomic mass is 16.5. The average molecular weight is 442 g/mol. The standard InChI is InChI=1S/C30H35NO2/c1-8-23(4)28(25(6)32)21-31(19-20-33-7)30(22(2)3)29(27-17-13-10-14-18-27)24(5)26-15-11-9-12-16-26/h8-18,21-22H,1,4-5,19-20H2,2-3,6-7H3/b28-21-,30-29-. The first-order valence-corrected chi connectivity index (χ1v) is 11.2. The number of nitrogens with zero attached hydrogens (tertiary/aromatic N) is 1. The van der Waals surface area contributed by atoms with E-state index in [0.717, 1.165) is 28.0 Å². The second-order valence-electron chi connectivity index (χ2n) is 8.14. The molecule has 0 aromatic heterocycles. The Labute approximate surface area is 199 Å². The Kier molecular flexibility index (Phi) is 9.84. The van der Waals surface area contributed by atoms with Gasteiger partial charge in [-0.05, 0) is 35.1 Å². The van der Waals surface area contributed by atoms with Gasteiger partial charge in [0.05, 0.1) is 6.61 Å². The van der Waals surface area contributed by atoms with E-state index < -0.39 is 0 Å². The Morgan fingerprint density at radius 3 is 2.00 bits per heavy atom. The predicted molar refractivity (Wildman–Crippen MR) is 140 cm³/mol. The maximum absolute atomic E-state index is 12.5. The number of hydrogen-bond donors (Lipinski definition) is 0. The van der Waals surface area contributed by atoms with Gasteiger partial charge >= 0.3 is 0 Å². The van der Waals surface area contributed by atoms with Gasteiger partial charge in [-0.1, -0.05) is 100 Å². The Hall–Kier alpha value is -3.43. The fourth-order valence-corrected chi connectivity index (χ4v) is 3.74. The normalized spacial score (nSPS) is 12.2. The molecule has 172 valence electrons. The smallest absolute Gasteiger partial charge is 0.161 e. The van der Waals surface area contributed by atoms with Gasteiger partial charge in [-0.3, -0.25) is 4.79 Å². The van der Waals surface area contributed by atoms with Gasteiger partial charge in [0.1, 0.15) is 0 Å². The van der Waals surface area contributed by atoms with E-state index in [0.29, 0.717) is 24.3 Å². The SMILES string of the molecule is C=CC(=C)/C(=C/N(CCOC)/C(=C(/C(=C)c1ccccc1)c1ccccc1)C(C)C)C(C)=O. The maximum atomic E-state index is 12.5. The largest absolute Gasteiger partial charge is 0.383 e. The number of carbonyl (C=O) groups is 1. The van der Waals surface area contributed by atoms with Crippen molar-refractivity contribution in [2.75, 3.05) is 20.3 Å². The number of methoxy groups -OCH3 is 1.